The topological polar surface area (TPSA) is 181 Å². The van der Waals surface area contributed by atoms with Crippen LogP contribution in [0.4, 0.5) is 23.3 Å². The Morgan fingerprint density at radius 1 is 0.722 bits per heavy atom. The van der Waals surface area contributed by atoms with Gasteiger partial charge in [-0.15, -0.1) is 0 Å². The Bertz CT molecular complexity index is 1300. The van der Waals surface area contributed by atoms with Gasteiger partial charge in [0.15, 0.2) is 5.82 Å². The van der Waals surface area contributed by atoms with Gasteiger partial charge in [-0.25, -0.2) is 24.9 Å². The molecule has 0 amide bonds. The molecule has 0 fully saturated rings. The number of nitrogens with zero attached hydrogens (tertiary/aromatic N) is 6. The molecule has 184 valence electrons. The van der Waals surface area contributed by atoms with Crippen molar-refractivity contribution in [3.05, 3.63) is 60.8 Å². The molecular formula is C18H14Cl4IN10NaS2. The molecule has 0 aliphatic heterocycles. The molecule has 0 saturated heterocycles. The zero-order valence-corrected chi connectivity index (χ0v) is 27.0. The van der Waals surface area contributed by atoms with Crippen LogP contribution in [0.15, 0.2) is 51.9 Å². The van der Waals surface area contributed by atoms with Crippen molar-refractivity contribution in [3.8, 4) is 0 Å². The smallest absolute Gasteiger partial charge is 0.757 e. The molecule has 0 aliphatic carbocycles. The second-order valence-electron chi connectivity index (χ2n) is 5.87. The van der Waals surface area contributed by atoms with Crippen molar-refractivity contribution in [1.82, 2.24) is 29.9 Å². The average Bonchev–Trinajstić information content (AvgIpc) is 2.80. The molecule has 8 N–H and O–H groups in total. The first-order valence-corrected chi connectivity index (χ1v) is 12.7. The Labute approximate surface area is 271 Å². The van der Waals surface area contributed by atoms with Gasteiger partial charge < -0.3 is 35.6 Å². The average molecular weight is 726 g/mol. The molecule has 0 saturated carbocycles. The standard InChI is InChI=1S/C9H7Cl2N5S.C5H4ClIN2.C4H4ClN3S.Na/c10-5-3-15-9(8(13)16-5)17-4-1-2-14-7(12)6(4)11;6-4-3(7)1-2-9-5(4)8;5-2-1-7-4(9)3(6)8-2;/h1-3H,(H2,12,14)(H2,13,16);1-2H,(H2,8,9);1H,(H2,6,8)(H,7,9);/q;;;+1/p-1. The van der Waals surface area contributed by atoms with Crippen LogP contribution in [0.1, 0.15) is 0 Å². The minimum atomic E-state index is 0. The SMILES string of the molecule is Nc1nc(Cl)cnc1Sc1ccnc(N)c1Cl.Nc1nc(Cl)cnc1[S-].Nc1nccc(I)c1Cl.[Na+]. The predicted octanol–water partition coefficient (Wildman–Crippen LogP) is 2.04. The molecule has 0 spiro atoms. The van der Waals surface area contributed by atoms with E-state index in [9.17, 15) is 0 Å². The predicted molar refractivity (Wildman–Crippen MR) is 153 cm³/mol. The van der Waals surface area contributed by atoms with E-state index in [0.717, 1.165) is 3.57 Å². The van der Waals surface area contributed by atoms with Gasteiger partial charge >= 0.3 is 29.6 Å². The molecule has 0 radical (unpaired) electrons. The van der Waals surface area contributed by atoms with E-state index in [1.54, 1.807) is 24.5 Å². The summed E-state index contributed by atoms with van der Waals surface area (Å²) in [6, 6.07) is 3.53. The second-order valence-corrected chi connectivity index (χ2v) is 9.98. The molecule has 18 heteroatoms. The molecule has 36 heavy (non-hydrogen) atoms. The third-order valence-electron chi connectivity index (χ3n) is 3.43. The van der Waals surface area contributed by atoms with E-state index in [-0.39, 0.29) is 57.3 Å². The molecule has 4 heterocycles. The summed E-state index contributed by atoms with van der Waals surface area (Å²) in [5.41, 5.74) is 21.9. The van der Waals surface area contributed by atoms with Crippen molar-refractivity contribution in [2.45, 2.75) is 14.9 Å². The fourth-order valence-electron chi connectivity index (χ4n) is 1.88. The summed E-state index contributed by atoms with van der Waals surface area (Å²) in [5.74, 6) is 1.10. The van der Waals surface area contributed by atoms with Crippen LogP contribution in [0.5, 0.6) is 0 Å². The van der Waals surface area contributed by atoms with Crippen molar-refractivity contribution in [1.29, 1.82) is 0 Å². The van der Waals surface area contributed by atoms with Crippen LogP contribution >= 0.6 is 80.8 Å². The zero-order valence-electron chi connectivity index (χ0n) is 18.2. The molecular weight excluding hydrogens is 712 g/mol. The molecule has 0 aliphatic rings. The molecule has 4 aromatic heterocycles. The first kappa shape index (κ1) is 33.1. The second kappa shape index (κ2) is 16.2. The van der Waals surface area contributed by atoms with Gasteiger partial charge in [-0.05, 0) is 39.7 Å². The van der Waals surface area contributed by atoms with Gasteiger partial charge in [0, 0.05) is 20.9 Å². The van der Waals surface area contributed by atoms with E-state index in [1.807, 2.05) is 0 Å². The largest absolute Gasteiger partial charge is 1.00 e. The van der Waals surface area contributed by atoms with Crippen molar-refractivity contribution in [2.75, 3.05) is 22.9 Å². The Morgan fingerprint density at radius 3 is 1.75 bits per heavy atom. The molecule has 10 nitrogen and oxygen atoms in total. The monoisotopic (exact) mass is 724 g/mol. The fourth-order valence-corrected chi connectivity index (χ4v) is 3.82. The summed E-state index contributed by atoms with van der Waals surface area (Å²) in [6.07, 6.45) is 5.96. The number of rotatable bonds is 2. The third kappa shape index (κ3) is 10.5. The van der Waals surface area contributed by atoms with Gasteiger partial charge in [0.2, 0.25) is 0 Å². The van der Waals surface area contributed by atoms with E-state index in [0.29, 0.717) is 30.8 Å². The summed E-state index contributed by atoms with van der Waals surface area (Å²) < 4.78 is 0.932. The maximum absolute atomic E-state index is 6.00. The van der Waals surface area contributed by atoms with Gasteiger partial charge in [-0.3, -0.25) is 4.98 Å². The summed E-state index contributed by atoms with van der Waals surface area (Å²) in [5, 5.41) is 2.22. The van der Waals surface area contributed by atoms with Crippen LogP contribution in [0.3, 0.4) is 0 Å². The van der Waals surface area contributed by atoms with Gasteiger partial charge in [0.25, 0.3) is 0 Å². The molecule has 0 aromatic carbocycles. The Morgan fingerprint density at radius 2 is 1.25 bits per heavy atom. The summed E-state index contributed by atoms with van der Waals surface area (Å²) in [4.78, 5) is 23.6. The van der Waals surface area contributed by atoms with E-state index < -0.39 is 0 Å². The quantitative estimate of drug-likeness (QED) is 0.134. The molecule has 0 bridgehead atoms. The Balaban J connectivity index is 0.000000291. The maximum Gasteiger partial charge on any atom is 1.00 e. The van der Waals surface area contributed by atoms with Crippen molar-refractivity contribution < 1.29 is 29.6 Å². The maximum atomic E-state index is 6.00. The number of aromatic nitrogens is 6. The van der Waals surface area contributed by atoms with Gasteiger partial charge in [-0.2, -0.15) is 0 Å². The van der Waals surface area contributed by atoms with Gasteiger partial charge in [-0.1, -0.05) is 58.2 Å². The van der Waals surface area contributed by atoms with E-state index >= 15 is 0 Å². The van der Waals surface area contributed by atoms with Crippen LogP contribution in [-0.4, -0.2) is 29.9 Å². The summed E-state index contributed by atoms with van der Waals surface area (Å²) >= 11 is 30.8. The number of nitrogen functional groups attached to an aromatic ring is 4. The number of halogens is 5. The van der Waals surface area contributed by atoms with Crippen molar-refractivity contribution in [2.24, 2.45) is 0 Å². The van der Waals surface area contributed by atoms with Gasteiger partial charge in [0.05, 0.1) is 22.4 Å². The van der Waals surface area contributed by atoms with Crippen LogP contribution < -0.4 is 52.5 Å². The molecule has 4 aromatic rings. The Kier molecular flexibility index (Phi) is 14.9. The van der Waals surface area contributed by atoms with Crippen LogP contribution in [0, 0.1) is 3.57 Å². The van der Waals surface area contributed by atoms with Gasteiger partial charge in [0.1, 0.15) is 32.8 Å². The normalized spacial score (nSPS) is 9.69. The number of hydrogen-bond donors (Lipinski definition) is 4. The van der Waals surface area contributed by atoms with Crippen molar-refractivity contribution in [3.63, 3.8) is 0 Å². The van der Waals surface area contributed by atoms with Crippen LogP contribution in [0.2, 0.25) is 20.4 Å². The van der Waals surface area contributed by atoms with Crippen molar-refractivity contribution >= 4 is 117 Å². The first-order chi connectivity index (χ1) is 16.5. The number of nitrogens with two attached hydrogens (primary N) is 4. The molecule has 0 unspecified atom stereocenters. The fraction of sp³-hybridized carbons (Fsp3) is 0. The van der Waals surface area contributed by atoms with E-state index in [4.69, 9.17) is 69.3 Å². The number of pyridine rings is 2. The molecule has 4 rings (SSSR count). The van der Waals surface area contributed by atoms with E-state index in [2.05, 4.69) is 65.1 Å². The Hall–Kier alpha value is -0.880. The van der Waals surface area contributed by atoms with Crippen LogP contribution in [0.25, 0.3) is 0 Å². The minimum Gasteiger partial charge on any atom is -0.757 e. The zero-order chi connectivity index (χ0) is 26.1. The minimum absolute atomic E-state index is 0. The third-order valence-corrected chi connectivity index (χ3v) is 7.30. The van der Waals surface area contributed by atoms with E-state index in [1.165, 1.54) is 24.2 Å². The molecule has 0 atom stereocenters. The number of anilines is 4. The summed E-state index contributed by atoms with van der Waals surface area (Å²) in [6.45, 7) is 0. The number of hydrogen-bond acceptors (Lipinski definition) is 12. The van der Waals surface area contributed by atoms with Crippen LogP contribution in [-0.2, 0) is 12.6 Å². The first-order valence-electron chi connectivity index (χ1n) is 8.86. The summed E-state index contributed by atoms with van der Waals surface area (Å²) in [7, 11) is 0.